The summed E-state index contributed by atoms with van der Waals surface area (Å²) in [6.07, 6.45) is -0.849. The van der Waals surface area contributed by atoms with Crippen LogP contribution in [0.5, 0.6) is 0 Å². The van der Waals surface area contributed by atoms with Gasteiger partial charge in [0, 0.05) is 26.7 Å². The molecule has 11 atom stereocenters. The number of carbonyl (C=O) groups excluding carboxylic acids is 5. The number of halogens is 1. The fraction of sp³-hybridized carbons (Fsp3) is 0.654. The minimum absolute atomic E-state index is 0.116. The fourth-order valence-electron chi connectivity index (χ4n) is 6.87. The monoisotopic (exact) mass is 538 g/mol. The summed E-state index contributed by atoms with van der Waals surface area (Å²) < 4.78 is 22.3. The average molecular weight is 539 g/mol. The van der Waals surface area contributed by atoms with Gasteiger partial charge in [0.1, 0.15) is 12.2 Å². The highest BCUT2D eigenvalue weighted by Crippen LogP contribution is 2.75. The summed E-state index contributed by atoms with van der Waals surface area (Å²) >= 11 is 6.74. The Morgan fingerprint density at radius 1 is 1.05 bits per heavy atom. The zero-order valence-corrected chi connectivity index (χ0v) is 22.2. The van der Waals surface area contributed by atoms with E-state index in [4.69, 9.17) is 30.5 Å². The average Bonchev–Trinajstić information content (AvgIpc) is 3.23. The Morgan fingerprint density at radius 3 is 2.19 bits per heavy atom. The summed E-state index contributed by atoms with van der Waals surface area (Å²) in [5.41, 5.74) is -4.90. The molecule has 1 N–H and O–H groups in total. The Labute approximate surface area is 219 Å². The number of hydrogen-bond acceptors (Lipinski definition) is 10. The Kier molecular flexibility index (Phi) is 6.39. The van der Waals surface area contributed by atoms with Crippen molar-refractivity contribution in [2.24, 2.45) is 29.1 Å². The normalized spacial score (nSPS) is 47.1. The molecule has 11 heteroatoms. The van der Waals surface area contributed by atoms with Crippen molar-refractivity contribution >= 4 is 41.3 Å². The van der Waals surface area contributed by atoms with Crippen LogP contribution in [0.2, 0.25) is 0 Å². The van der Waals surface area contributed by atoms with Crippen molar-refractivity contribution in [3.63, 3.8) is 0 Å². The van der Waals surface area contributed by atoms with Gasteiger partial charge >= 0.3 is 23.9 Å². The van der Waals surface area contributed by atoms with Crippen LogP contribution in [0.3, 0.4) is 0 Å². The molecule has 0 radical (unpaired) electrons. The zero-order valence-electron chi connectivity index (χ0n) is 21.5. The highest BCUT2D eigenvalue weighted by molar-refractivity contribution is 6.23. The maximum Gasteiger partial charge on any atom is 0.312 e. The highest BCUT2D eigenvalue weighted by Gasteiger charge is 2.84. The van der Waals surface area contributed by atoms with Gasteiger partial charge in [-0.25, -0.2) is 0 Å². The van der Waals surface area contributed by atoms with Crippen molar-refractivity contribution < 1.29 is 48.0 Å². The summed E-state index contributed by atoms with van der Waals surface area (Å²) in [5, 5.41) is 11.0. The summed E-state index contributed by atoms with van der Waals surface area (Å²) in [4.78, 5) is 63.0. The maximum atomic E-state index is 13.8. The zero-order chi connectivity index (χ0) is 27.8. The van der Waals surface area contributed by atoms with Crippen molar-refractivity contribution in [1.29, 1.82) is 0 Å². The number of ether oxygens (including phenoxy) is 4. The number of fused-ring (bicyclic) bond motifs is 2. The van der Waals surface area contributed by atoms with E-state index in [1.54, 1.807) is 19.1 Å². The predicted octanol–water partition coefficient (Wildman–Crippen LogP) is 1.65. The molecule has 0 aromatic rings. The number of carbonyl (C=O) groups is 5. The van der Waals surface area contributed by atoms with E-state index in [2.05, 4.69) is 6.58 Å². The van der Waals surface area contributed by atoms with Gasteiger partial charge in [-0.3, -0.25) is 24.0 Å². The number of hydrogen-bond donors (Lipinski definition) is 1. The van der Waals surface area contributed by atoms with Crippen LogP contribution in [0.1, 0.15) is 41.5 Å². The molecule has 3 fully saturated rings. The van der Waals surface area contributed by atoms with E-state index in [0.717, 1.165) is 13.8 Å². The minimum atomic E-state index is -2.26. The minimum Gasteiger partial charge on any atom is -0.459 e. The molecule has 0 aromatic carbocycles. The van der Waals surface area contributed by atoms with Crippen molar-refractivity contribution in [1.82, 2.24) is 0 Å². The molecule has 0 bridgehead atoms. The summed E-state index contributed by atoms with van der Waals surface area (Å²) in [6, 6.07) is 0. The molecular formula is C26H31ClO10. The molecule has 3 aliphatic carbocycles. The molecule has 4 aliphatic rings. The predicted molar refractivity (Wildman–Crippen MR) is 127 cm³/mol. The van der Waals surface area contributed by atoms with E-state index in [1.165, 1.54) is 20.8 Å². The largest absolute Gasteiger partial charge is 0.459 e. The molecule has 4 rings (SSSR count). The number of esters is 4. The molecule has 2 saturated carbocycles. The smallest absolute Gasteiger partial charge is 0.312 e. The van der Waals surface area contributed by atoms with E-state index in [9.17, 15) is 29.1 Å². The number of alkyl halides is 1. The topological polar surface area (TPSA) is 143 Å². The molecule has 37 heavy (non-hydrogen) atoms. The van der Waals surface area contributed by atoms with Crippen LogP contribution in [-0.4, -0.2) is 69.7 Å². The van der Waals surface area contributed by atoms with Gasteiger partial charge in [-0.05, 0) is 36.8 Å². The van der Waals surface area contributed by atoms with Gasteiger partial charge in [-0.1, -0.05) is 19.6 Å². The van der Waals surface area contributed by atoms with Gasteiger partial charge in [0.05, 0.1) is 17.2 Å². The first-order valence-corrected chi connectivity index (χ1v) is 12.5. The number of allylic oxidation sites excluding steroid dienone is 1. The second kappa shape index (κ2) is 8.66. The highest BCUT2D eigenvalue weighted by atomic mass is 35.5. The third kappa shape index (κ3) is 3.74. The molecular weight excluding hydrogens is 508 g/mol. The number of aliphatic hydroxyl groups is 1. The second-order valence-corrected chi connectivity index (χ2v) is 11.3. The summed E-state index contributed by atoms with van der Waals surface area (Å²) in [7, 11) is 0. The standard InChI is InChI=1S/C26H31ClO10/c1-10-16(34-12(3)28)9-8-15-17-20(31)25(7,37-14(5)30)19(24(15,17)6)22(35-13(4)29)26(33)11(2)23(32)36-21(26)18(10)27/h8-9,11,15-19,21-22,33H,1H2,2-7H3/b9-8+/t11-,15?,16-,17?,18-,19+,21-,22-,24-,25-,26-/m0/s1. The van der Waals surface area contributed by atoms with Crippen LogP contribution in [0.15, 0.2) is 24.3 Å². The van der Waals surface area contributed by atoms with E-state index < -0.39 is 93.6 Å². The van der Waals surface area contributed by atoms with Gasteiger partial charge in [0.15, 0.2) is 23.1 Å². The molecule has 1 saturated heterocycles. The van der Waals surface area contributed by atoms with Gasteiger partial charge in [0.25, 0.3) is 0 Å². The number of Topliss-reactive ketones (excluding diaryl/α,β-unsaturated/α-hetero) is 1. The van der Waals surface area contributed by atoms with E-state index in [0.29, 0.717) is 0 Å². The number of rotatable bonds is 3. The van der Waals surface area contributed by atoms with Crippen LogP contribution >= 0.6 is 11.6 Å². The van der Waals surface area contributed by atoms with Crippen LogP contribution in [0.4, 0.5) is 0 Å². The SMILES string of the molecule is C=C1[C@@H](OC(C)=O)/C=C/C2C3C(=O)[C@@](C)(OC(C)=O)[C@H]([C@H](OC(C)=O)[C@]4(O)[C@@H](C)C(=O)O[C@H]4[C@H]1Cl)[C@@]23C. The third-order valence-electron chi connectivity index (χ3n) is 8.60. The quantitative estimate of drug-likeness (QED) is 0.244. The molecule has 1 heterocycles. The van der Waals surface area contributed by atoms with E-state index in [1.807, 2.05) is 0 Å². The molecule has 0 aromatic heterocycles. The van der Waals surface area contributed by atoms with E-state index >= 15 is 0 Å². The van der Waals surface area contributed by atoms with Crippen molar-refractivity contribution in [3.05, 3.63) is 24.3 Å². The third-order valence-corrected chi connectivity index (χ3v) is 9.11. The molecule has 202 valence electrons. The molecule has 2 unspecified atom stereocenters. The summed E-state index contributed by atoms with van der Waals surface area (Å²) in [6.45, 7) is 12.0. The Bertz CT molecular complexity index is 1130. The van der Waals surface area contributed by atoms with E-state index in [-0.39, 0.29) is 5.57 Å². The fourth-order valence-corrected chi connectivity index (χ4v) is 7.25. The van der Waals surface area contributed by atoms with Crippen LogP contribution in [0, 0.1) is 29.1 Å². The Balaban J connectivity index is 2.00. The lowest BCUT2D eigenvalue weighted by atomic mass is 9.66. The summed E-state index contributed by atoms with van der Waals surface area (Å²) in [5.74, 6) is -6.82. The van der Waals surface area contributed by atoms with Gasteiger partial charge in [-0.15, -0.1) is 11.6 Å². The van der Waals surface area contributed by atoms with Crippen LogP contribution < -0.4 is 0 Å². The lowest BCUT2D eigenvalue weighted by molar-refractivity contribution is -0.214. The maximum absolute atomic E-state index is 13.8. The Hall–Kier alpha value is -2.72. The Morgan fingerprint density at radius 2 is 1.65 bits per heavy atom. The van der Waals surface area contributed by atoms with Crippen molar-refractivity contribution in [2.75, 3.05) is 0 Å². The molecule has 0 spiro atoms. The van der Waals surface area contributed by atoms with Gasteiger partial charge in [0.2, 0.25) is 0 Å². The lowest BCUT2D eigenvalue weighted by Crippen LogP contribution is -2.65. The first-order valence-electron chi connectivity index (χ1n) is 12.0. The first-order chi connectivity index (χ1) is 17.0. The van der Waals surface area contributed by atoms with Crippen molar-refractivity contribution in [2.45, 2.75) is 76.4 Å². The number of ketones is 1. The van der Waals surface area contributed by atoms with Gasteiger partial charge in [-0.2, -0.15) is 0 Å². The van der Waals surface area contributed by atoms with Gasteiger partial charge < -0.3 is 24.1 Å². The second-order valence-electron chi connectivity index (χ2n) is 10.8. The van der Waals surface area contributed by atoms with Crippen molar-refractivity contribution in [3.8, 4) is 0 Å². The molecule has 10 nitrogen and oxygen atoms in total. The van der Waals surface area contributed by atoms with Crippen LogP contribution in [-0.2, 0) is 42.9 Å². The molecule has 0 amide bonds. The molecule has 1 aliphatic heterocycles. The first kappa shape index (κ1) is 27.3. The lowest BCUT2D eigenvalue weighted by Gasteiger charge is -2.47. The van der Waals surface area contributed by atoms with Crippen LogP contribution in [0.25, 0.3) is 0 Å².